The minimum atomic E-state index is -1.05. The van der Waals surface area contributed by atoms with E-state index in [-0.39, 0.29) is 5.91 Å². The Balaban J connectivity index is 2.41. The second-order valence-corrected chi connectivity index (χ2v) is 4.97. The molecule has 1 atom stereocenters. The van der Waals surface area contributed by atoms with E-state index in [0.29, 0.717) is 24.3 Å². The van der Waals surface area contributed by atoms with Crippen LogP contribution in [0.4, 0.5) is 5.69 Å². The first-order valence-electron chi connectivity index (χ1n) is 5.08. The van der Waals surface area contributed by atoms with Crippen molar-refractivity contribution in [3.05, 3.63) is 24.3 Å². The number of hydrogen-bond donors (Lipinski definition) is 2. The maximum Gasteiger partial charge on any atom is 0.219 e. The van der Waals surface area contributed by atoms with Crippen molar-refractivity contribution in [3.63, 3.8) is 0 Å². The Morgan fingerprint density at radius 3 is 2.56 bits per heavy atom. The van der Waals surface area contributed by atoms with Crippen LogP contribution >= 0.6 is 0 Å². The van der Waals surface area contributed by atoms with Gasteiger partial charge in [0.2, 0.25) is 5.91 Å². The normalized spacial score (nSPS) is 12.1. The summed E-state index contributed by atoms with van der Waals surface area (Å²) >= 11 is 0. The van der Waals surface area contributed by atoms with Crippen LogP contribution in [0.15, 0.2) is 29.2 Å². The summed E-state index contributed by atoms with van der Waals surface area (Å²) in [4.78, 5) is 11.7. The summed E-state index contributed by atoms with van der Waals surface area (Å²) in [7, 11) is 0.551. The summed E-state index contributed by atoms with van der Waals surface area (Å²) in [5.41, 5.74) is 6.19. The SMILES string of the molecule is CNC(=O)CCCS(=O)c1ccc(N)cc1. The molecule has 0 bridgehead atoms. The highest BCUT2D eigenvalue weighted by Crippen LogP contribution is 2.11. The molecule has 1 aromatic rings. The Morgan fingerprint density at radius 1 is 1.38 bits per heavy atom. The molecule has 3 N–H and O–H groups in total. The lowest BCUT2D eigenvalue weighted by Gasteiger charge is -2.02. The summed E-state index contributed by atoms with van der Waals surface area (Å²) in [6.07, 6.45) is 1.04. The third-order valence-corrected chi connectivity index (χ3v) is 3.61. The van der Waals surface area contributed by atoms with Crippen LogP contribution in [-0.4, -0.2) is 22.9 Å². The molecule has 1 rings (SSSR count). The van der Waals surface area contributed by atoms with Gasteiger partial charge >= 0.3 is 0 Å². The molecule has 0 spiro atoms. The highest BCUT2D eigenvalue weighted by atomic mass is 32.2. The third-order valence-electron chi connectivity index (χ3n) is 2.16. The average molecular weight is 240 g/mol. The van der Waals surface area contributed by atoms with Gasteiger partial charge in [-0.15, -0.1) is 0 Å². The minimum Gasteiger partial charge on any atom is -0.399 e. The summed E-state index contributed by atoms with van der Waals surface area (Å²) in [6.45, 7) is 0. The molecule has 0 aromatic heterocycles. The summed E-state index contributed by atoms with van der Waals surface area (Å²) in [6, 6.07) is 6.97. The van der Waals surface area contributed by atoms with Crippen LogP contribution in [0, 0.1) is 0 Å². The lowest BCUT2D eigenvalue weighted by Crippen LogP contribution is -2.17. The van der Waals surface area contributed by atoms with Gasteiger partial charge in [0.1, 0.15) is 0 Å². The number of carbonyl (C=O) groups excluding carboxylic acids is 1. The van der Waals surface area contributed by atoms with Crippen LogP contribution in [0.2, 0.25) is 0 Å². The van der Waals surface area contributed by atoms with Crippen molar-refractivity contribution in [2.24, 2.45) is 0 Å². The molecular formula is C11H16N2O2S. The van der Waals surface area contributed by atoms with Crippen molar-refractivity contribution in [3.8, 4) is 0 Å². The topological polar surface area (TPSA) is 72.2 Å². The van der Waals surface area contributed by atoms with Crippen LogP contribution in [0.1, 0.15) is 12.8 Å². The van der Waals surface area contributed by atoms with Gasteiger partial charge < -0.3 is 11.1 Å². The van der Waals surface area contributed by atoms with Crippen LogP contribution in [-0.2, 0) is 15.6 Å². The molecule has 0 fully saturated rings. The monoisotopic (exact) mass is 240 g/mol. The number of amides is 1. The standard InChI is InChI=1S/C11H16N2O2S/c1-13-11(14)3-2-8-16(15)10-6-4-9(12)5-7-10/h4-7H,2-3,8,12H2,1H3,(H,13,14). The number of rotatable bonds is 5. The number of hydrogen-bond acceptors (Lipinski definition) is 3. The summed E-state index contributed by atoms with van der Waals surface area (Å²) in [5, 5.41) is 2.53. The zero-order valence-electron chi connectivity index (χ0n) is 9.23. The molecule has 1 aromatic carbocycles. The molecule has 0 saturated heterocycles. The maximum atomic E-state index is 11.8. The van der Waals surface area contributed by atoms with Gasteiger partial charge in [0.15, 0.2) is 0 Å². The Labute approximate surface area is 97.7 Å². The van der Waals surface area contributed by atoms with Crippen LogP contribution in [0.5, 0.6) is 0 Å². The van der Waals surface area contributed by atoms with Gasteiger partial charge in [0, 0.05) is 29.8 Å². The first kappa shape index (κ1) is 12.7. The van der Waals surface area contributed by atoms with Gasteiger partial charge in [0.25, 0.3) is 0 Å². The fourth-order valence-corrected chi connectivity index (χ4v) is 2.31. The zero-order chi connectivity index (χ0) is 12.0. The minimum absolute atomic E-state index is 0.0192. The van der Waals surface area contributed by atoms with Gasteiger partial charge in [-0.2, -0.15) is 0 Å². The quantitative estimate of drug-likeness (QED) is 0.751. The number of anilines is 1. The molecule has 16 heavy (non-hydrogen) atoms. The van der Waals surface area contributed by atoms with Crippen LogP contribution in [0.25, 0.3) is 0 Å². The largest absolute Gasteiger partial charge is 0.399 e. The van der Waals surface area contributed by atoms with E-state index < -0.39 is 10.8 Å². The highest BCUT2D eigenvalue weighted by molar-refractivity contribution is 7.85. The fraction of sp³-hybridized carbons (Fsp3) is 0.364. The number of benzene rings is 1. The van der Waals surface area contributed by atoms with Crippen LogP contribution in [0.3, 0.4) is 0 Å². The predicted molar refractivity (Wildman–Crippen MR) is 65.4 cm³/mol. The molecule has 0 radical (unpaired) electrons. The van der Waals surface area contributed by atoms with Crippen molar-refractivity contribution in [2.45, 2.75) is 17.7 Å². The predicted octanol–water partition coefficient (Wildman–Crippen LogP) is 0.903. The smallest absolute Gasteiger partial charge is 0.219 e. The maximum absolute atomic E-state index is 11.8. The number of nitrogens with one attached hydrogen (secondary N) is 1. The summed E-state index contributed by atoms with van der Waals surface area (Å²) in [5.74, 6) is 0.478. The number of carbonyl (C=O) groups is 1. The molecule has 1 amide bonds. The second-order valence-electron chi connectivity index (χ2n) is 3.40. The van der Waals surface area contributed by atoms with Gasteiger partial charge in [-0.1, -0.05) is 0 Å². The highest BCUT2D eigenvalue weighted by Gasteiger charge is 2.05. The molecule has 0 aliphatic carbocycles. The van der Waals surface area contributed by atoms with Crippen LogP contribution < -0.4 is 11.1 Å². The van der Waals surface area contributed by atoms with Crippen molar-refractivity contribution in [2.75, 3.05) is 18.5 Å². The average Bonchev–Trinajstić information content (AvgIpc) is 2.29. The van der Waals surface area contributed by atoms with Gasteiger partial charge in [-0.05, 0) is 30.7 Å². The van der Waals surface area contributed by atoms with E-state index in [1.807, 2.05) is 0 Å². The molecular weight excluding hydrogens is 224 g/mol. The van der Waals surface area contributed by atoms with Crippen molar-refractivity contribution in [1.29, 1.82) is 0 Å². The first-order chi connectivity index (χ1) is 7.63. The molecule has 0 aliphatic heterocycles. The van der Waals surface area contributed by atoms with Gasteiger partial charge in [0.05, 0.1) is 10.8 Å². The second kappa shape index (κ2) is 6.27. The molecule has 1 unspecified atom stereocenters. The van der Waals surface area contributed by atoms with Crippen molar-refractivity contribution >= 4 is 22.4 Å². The molecule has 88 valence electrons. The van der Waals surface area contributed by atoms with E-state index in [1.165, 1.54) is 0 Å². The van der Waals surface area contributed by atoms with E-state index in [9.17, 15) is 9.00 Å². The van der Waals surface area contributed by atoms with E-state index in [1.54, 1.807) is 31.3 Å². The van der Waals surface area contributed by atoms with E-state index in [2.05, 4.69) is 5.32 Å². The Kier molecular flexibility index (Phi) is 4.98. The molecule has 4 nitrogen and oxygen atoms in total. The van der Waals surface area contributed by atoms with E-state index in [4.69, 9.17) is 5.73 Å². The third kappa shape index (κ3) is 4.02. The van der Waals surface area contributed by atoms with E-state index in [0.717, 1.165) is 4.90 Å². The Hall–Kier alpha value is -1.36. The summed E-state index contributed by atoms with van der Waals surface area (Å²) < 4.78 is 11.8. The van der Waals surface area contributed by atoms with Crippen molar-refractivity contribution in [1.82, 2.24) is 5.32 Å². The number of nitrogens with two attached hydrogens (primary N) is 1. The molecule has 0 saturated carbocycles. The van der Waals surface area contributed by atoms with E-state index >= 15 is 0 Å². The molecule has 0 heterocycles. The zero-order valence-corrected chi connectivity index (χ0v) is 10.0. The Morgan fingerprint density at radius 2 is 2.00 bits per heavy atom. The molecule has 5 heteroatoms. The lowest BCUT2D eigenvalue weighted by molar-refractivity contribution is -0.120. The lowest BCUT2D eigenvalue weighted by atomic mass is 10.3. The van der Waals surface area contributed by atoms with Gasteiger partial charge in [-0.25, -0.2) is 0 Å². The number of nitrogen functional groups attached to an aromatic ring is 1. The van der Waals surface area contributed by atoms with Gasteiger partial charge in [-0.3, -0.25) is 9.00 Å². The Bertz CT molecular complexity index is 376. The van der Waals surface area contributed by atoms with Crippen molar-refractivity contribution < 1.29 is 9.00 Å². The molecule has 0 aliphatic rings. The first-order valence-corrected chi connectivity index (χ1v) is 6.40. The fourth-order valence-electron chi connectivity index (χ4n) is 1.23.